The number of cyclic esters (lactones) is 1. The molecule has 3 aromatic rings. The maximum atomic E-state index is 15.2. The van der Waals surface area contributed by atoms with Gasteiger partial charge in [0.25, 0.3) is 0 Å². The number of ether oxygens (including phenoxy) is 1. The molecule has 1 aromatic carbocycles. The van der Waals surface area contributed by atoms with E-state index in [2.05, 4.69) is 26.7 Å². The quantitative estimate of drug-likeness (QED) is 0.470. The Bertz CT molecular complexity index is 1540. The maximum Gasteiger partial charge on any atom is 0.416 e. The lowest BCUT2D eigenvalue weighted by Gasteiger charge is -2.25. The highest BCUT2D eigenvalue weighted by Gasteiger charge is 2.71. The molecule has 6 atom stereocenters. The molecule has 14 heteroatoms. The number of nitrogens with one attached hydrogen (secondary N) is 1. The summed E-state index contributed by atoms with van der Waals surface area (Å²) in [6.45, 7) is 1.21. The lowest BCUT2D eigenvalue weighted by atomic mass is 9.95. The number of piperidine rings is 1. The average molecular weight is 563 g/mol. The number of carbonyl (C=O) groups is 2. The lowest BCUT2D eigenvalue weighted by Crippen LogP contribution is -2.44. The van der Waals surface area contributed by atoms with Gasteiger partial charge in [-0.2, -0.15) is 5.26 Å². The van der Waals surface area contributed by atoms with E-state index in [1.165, 1.54) is 29.3 Å². The van der Waals surface area contributed by atoms with Gasteiger partial charge in [0.2, 0.25) is 12.1 Å². The minimum Gasteiger partial charge on any atom is -0.421 e. The Hall–Kier alpha value is -4.48. The number of nitrogens with zero attached hydrogens (tertiary/aromatic N) is 7. The van der Waals surface area contributed by atoms with Gasteiger partial charge in [-0.1, -0.05) is 11.3 Å². The van der Waals surface area contributed by atoms with Gasteiger partial charge in [-0.15, -0.1) is 5.10 Å². The first-order chi connectivity index (χ1) is 19.8. The summed E-state index contributed by atoms with van der Waals surface area (Å²) in [5.41, 5.74) is -0.497. The van der Waals surface area contributed by atoms with E-state index in [1.807, 2.05) is 0 Å². The van der Waals surface area contributed by atoms with Gasteiger partial charge in [-0.3, -0.25) is 14.7 Å². The second kappa shape index (κ2) is 9.28. The number of rotatable bonds is 5. The third kappa shape index (κ3) is 3.95. The van der Waals surface area contributed by atoms with E-state index < -0.39 is 41.5 Å². The van der Waals surface area contributed by atoms with Gasteiger partial charge in [0, 0.05) is 49.4 Å². The average Bonchev–Trinajstić information content (AvgIpc) is 3.62. The standard InChI is InChI=1S/C27H24F2N8O4/c28-19-5-15(36-12-23(41-26(36)40)37-4-3-33-34-37)6-20(29)24(19)14-1-2-22(32-8-14)27(13-30)17-10-35(11-18(17)27)25(39)21-7-16(38)9-31-21/h1-6,8,16-18,21,23,31,38H,7,9-12H2/t16-,17-,18+,21+,23?,27+/m1/s1. The minimum absolute atomic E-state index is 0.00258. The van der Waals surface area contributed by atoms with Crippen molar-refractivity contribution >= 4 is 17.7 Å². The smallest absolute Gasteiger partial charge is 0.416 e. The van der Waals surface area contributed by atoms with Crippen LogP contribution in [0.15, 0.2) is 42.9 Å². The fourth-order valence-electron chi connectivity index (χ4n) is 6.48. The first kappa shape index (κ1) is 25.5. The van der Waals surface area contributed by atoms with Crippen LogP contribution >= 0.6 is 0 Å². The molecule has 4 aliphatic rings. The van der Waals surface area contributed by atoms with Crippen molar-refractivity contribution in [2.24, 2.45) is 11.8 Å². The minimum atomic E-state index is -0.885. The van der Waals surface area contributed by atoms with E-state index in [4.69, 9.17) is 4.74 Å². The lowest BCUT2D eigenvalue weighted by molar-refractivity contribution is -0.132. The molecule has 3 saturated heterocycles. The molecule has 0 spiro atoms. The third-order valence-corrected chi connectivity index (χ3v) is 8.63. The Kier molecular flexibility index (Phi) is 5.77. The van der Waals surface area contributed by atoms with Crippen molar-refractivity contribution < 1.29 is 28.2 Å². The van der Waals surface area contributed by atoms with E-state index in [0.29, 0.717) is 31.7 Å². The van der Waals surface area contributed by atoms with E-state index >= 15 is 8.78 Å². The number of amides is 2. The molecule has 1 aliphatic carbocycles. The Morgan fingerprint density at radius 3 is 2.54 bits per heavy atom. The molecule has 3 aliphatic heterocycles. The summed E-state index contributed by atoms with van der Waals surface area (Å²) >= 11 is 0. The summed E-state index contributed by atoms with van der Waals surface area (Å²) < 4.78 is 37.0. The van der Waals surface area contributed by atoms with Gasteiger partial charge in [0.05, 0.1) is 47.9 Å². The zero-order valence-corrected chi connectivity index (χ0v) is 21.5. The molecular formula is C27H24F2N8O4. The number of aromatic nitrogens is 4. The van der Waals surface area contributed by atoms with Gasteiger partial charge >= 0.3 is 6.09 Å². The zero-order chi connectivity index (χ0) is 28.5. The number of β-amino-alcohol motifs (C(OH)–C–C–N with tert-alkyl or cyclic N) is 1. The van der Waals surface area contributed by atoms with Gasteiger partial charge in [-0.05, 0) is 24.6 Å². The third-order valence-electron chi connectivity index (χ3n) is 8.63. The van der Waals surface area contributed by atoms with Crippen LogP contribution in [0.2, 0.25) is 0 Å². The van der Waals surface area contributed by atoms with Crippen LogP contribution < -0.4 is 10.2 Å². The molecule has 2 amide bonds. The normalized spacial score (nSPS) is 30.3. The molecule has 5 heterocycles. The fourth-order valence-corrected chi connectivity index (χ4v) is 6.48. The van der Waals surface area contributed by atoms with Crippen LogP contribution in [-0.2, 0) is 14.9 Å². The Morgan fingerprint density at radius 2 is 1.95 bits per heavy atom. The summed E-state index contributed by atoms with van der Waals surface area (Å²) in [4.78, 5) is 32.4. The predicted octanol–water partition coefficient (Wildman–Crippen LogP) is 1.35. The fraction of sp³-hybridized carbons (Fsp3) is 0.407. The summed E-state index contributed by atoms with van der Waals surface area (Å²) in [7, 11) is 0. The van der Waals surface area contributed by atoms with Crippen LogP contribution in [0.4, 0.5) is 19.3 Å². The molecule has 1 saturated carbocycles. The number of likely N-dealkylation sites (tertiary alicyclic amines) is 1. The molecule has 1 unspecified atom stereocenters. The van der Waals surface area contributed by atoms with Gasteiger partial charge < -0.3 is 20.1 Å². The summed E-state index contributed by atoms with van der Waals surface area (Å²) in [6.07, 6.45) is 2.56. The Morgan fingerprint density at radius 1 is 1.20 bits per heavy atom. The van der Waals surface area contributed by atoms with Gasteiger partial charge in [-0.25, -0.2) is 18.3 Å². The number of anilines is 1. The second-order valence-corrected chi connectivity index (χ2v) is 10.8. The summed E-state index contributed by atoms with van der Waals surface area (Å²) in [5, 5.41) is 30.3. The van der Waals surface area contributed by atoms with Crippen LogP contribution in [0.3, 0.4) is 0 Å². The van der Waals surface area contributed by atoms with Crippen molar-refractivity contribution in [3.8, 4) is 17.2 Å². The topological polar surface area (TPSA) is 149 Å². The molecule has 2 aromatic heterocycles. The molecule has 0 radical (unpaired) electrons. The maximum absolute atomic E-state index is 15.2. The number of nitriles is 1. The zero-order valence-electron chi connectivity index (χ0n) is 21.5. The Labute approximate surface area is 232 Å². The van der Waals surface area contributed by atoms with E-state index in [-0.39, 0.29) is 41.1 Å². The number of pyridine rings is 1. The van der Waals surface area contributed by atoms with E-state index in [9.17, 15) is 20.0 Å². The van der Waals surface area contributed by atoms with Crippen molar-refractivity contribution in [3.05, 3.63) is 60.2 Å². The molecule has 12 nitrogen and oxygen atoms in total. The van der Waals surface area contributed by atoms with Crippen molar-refractivity contribution in [1.82, 2.24) is 30.2 Å². The molecule has 41 heavy (non-hydrogen) atoms. The molecule has 7 rings (SSSR count). The first-order valence-corrected chi connectivity index (χ1v) is 13.2. The first-order valence-electron chi connectivity index (χ1n) is 13.2. The van der Waals surface area contributed by atoms with Crippen molar-refractivity contribution in [3.63, 3.8) is 0 Å². The highest BCUT2D eigenvalue weighted by Crippen LogP contribution is 2.62. The molecule has 2 N–H and O–H groups in total. The number of fused-ring (bicyclic) bond motifs is 1. The highest BCUT2D eigenvalue weighted by atomic mass is 19.1. The van der Waals surface area contributed by atoms with E-state index in [1.54, 1.807) is 11.0 Å². The highest BCUT2D eigenvalue weighted by molar-refractivity contribution is 5.90. The molecule has 4 fully saturated rings. The van der Waals surface area contributed by atoms with Crippen LogP contribution in [0.5, 0.6) is 0 Å². The summed E-state index contributed by atoms with van der Waals surface area (Å²) in [5.74, 6) is -2.02. The van der Waals surface area contributed by atoms with Gasteiger partial charge in [0.15, 0.2) is 0 Å². The number of aliphatic hydroxyl groups is 1. The Balaban J connectivity index is 1.07. The van der Waals surface area contributed by atoms with Crippen LogP contribution in [0, 0.1) is 34.8 Å². The second-order valence-electron chi connectivity index (χ2n) is 10.8. The van der Waals surface area contributed by atoms with Crippen LogP contribution in [0.25, 0.3) is 11.1 Å². The van der Waals surface area contributed by atoms with Crippen molar-refractivity contribution in [2.45, 2.75) is 30.2 Å². The number of halogens is 2. The number of hydrogen-bond donors (Lipinski definition) is 2. The number of benzene rings is 1. The van der Waals surface area contributed by atoms with Crippen LogP contribution in [-0.4, -0.2) is 80.3 Å². The molecule has 0 bridgehead atoms. The predicted molar refractivity (Wildman–Crippen MR) is 136 cm³/mol. The number of aliphatic hydroxyl groups excluding tert-OH is 1. The van der Waals surface area contributed by atoms with Crippen molar-refractivity contribution in [1.29, 1.82) is 5.26 Å². The number of carbonyl (C=O) groups excluding carboxylic acids is 2. The van der Waals surface area contributed by atoms with Gasteiger partial charge in [0.1, 0.15) is 17.0 Å². The van der Waals surface area contributed by atoms with Crippen molar-refractivity contribution in [2.75, 3.05) is 31.1 Å². The van der Waals surface area contributed by atoms with E-state index in [0.717, 1.165) is 17.0 Å². The monoisotopic (exact) mass is 562 g/mol. The van der Waals surface area contributed by atoms with Crippen LogP contribution in [0.1, 0.15) is 18.3 Å². The molecule has 210 valence electrons. The number of hydrogen-bond acceptors (Lipinski definition) is 9. The summed E-state index contributed by atoms with van der Waals surface area (Å²) in [6, 6.07) is 7.21. The SMILES string of the molecule is N#C[C@]1(c2ccc(-c3c(F)cc(N4CC(n5ccnn5)OC4=O)cc3F)cn2)[C@@H]2CN(C(=O)[C@@H]3C[C@@H](O)CN3)C[C@@H]21. The molecular weight excluding hydrogens is 538 g/mol. The largest absolute Gasteiger partial charge is 0.421 e.